The number of halogens is 1. The van der Waals surface area contributed by atoms with E-state index in [2.05, 4.69) is 44.3 Å². The van der Waals surface area contributed by atoms with E-state index in [4.69, 9.17) is 0 Å². The summed E-state index contributed by atoms with van der Waals surface area (Å²) in [5.41, 5.74) is 2.14. The minimum absolute atomic E-state index is 0.0228. The van der Waals surface area contributed by atoms with E-state index in [-0.39, 0.29) is 5.91 Å². The summed E-state index contributed by atoms with van der Waals surface area (Å²) < 4.78 is 1.12. The lowest BCUT2D eigenvalue weighted by Crippen LogP contribution is -2.32. The predicted octanol–water partition coefficient (Wildman–Crippen LogP) is 4.13. The SMILES string of the molecule is CN(CC(=O)Nc1cccc(CN2CCSCC2)c1)Cc1ccc(Br)s1. The van der Waals surface area contributed by atoms with Crippen LogP contribution in [0.4, 0.5) is 5.69 Å². The summed E-state index contributed by atoms with van der Waals surface area (Å²) in [6.07, 6.45) is 0. The van der Waals surface area contributed by atoms with E-state index < -0.39 is 0 Å². The van der Waals surface area contributed by atoms with Crippen molar-refractivity contribution < 1.29 is 4.79 Å². The molecule has 1 aromatic carbocycles. The molecule has 1 amide bonds. The standard InChI is InChI=1S/C19H24BrN3OS2/c1-22(13-17-5-6-18(20)26-17)14-19(24)21-16-4-2-3-15(11-16)12-23-7-9-25-10-8-23/h2-6,11H,7-10,12-14H2,1H3,(H,21,24). The lowest BCUT2D eigenvalue weighted by atomic mass is 10.2. The number of anilines is 1. The highest BCUT2D eigenvalue weighted by atomic mass is 79.9. The van der Waals surface area contributed by atoms with Crippen LogP contribution >= 0.6 is 39.0 Å². The van der Waals surface area contributed by atoms with Crippen LogP contribution in [-0.4, -0.2) is 53.9 Å². The van der Waals surface area contributed by atoms with Gasteiger partial charge in [-0.3, -0.25) is 14.6 Å². The molecule has 7 heteroatoms. The third kappa shape index (κ3) is 6.39. The number of thioether (sulfide) groups is 1. The summed E-state index contributed by atoms with van der Waals surface area (Å²) in [4.78, 5) is 18.1. The zero-order valence-corrected chi connectivity index (χ0v) is 18.1. The molecule has 1 saturated heterocycles. The second-order valence-corrected chi connectivity index (χ2v) is 10.3. The Bertz CT molecular complexity index is 731. The molecule has 1 aromatic heterocycles. The van der Waals surface area contributed by atoms with Crippen molar-refractivity contribution >= 4 is 50.6 Å². The van der Waals surface area contributed by atoms with Crippen LogP contribution in [0.1, 0.15) is 10.4 Å². The van der Waals surface area contributed by atoms with Crippen molar-refractivity contribution in [1.29, 1.82) is 0 Å². The fourth-order valence-electron chi connectivity index (χ4n) is 2.97. The molecular weight excluding hydrogens is 430 g/mol. The second-order valence-electron chi connectivity index (χ2n) is 6.52. The van der Waals surface area contributed by atoms with E-state index in [1.165, 1.54) is 21.9 Å². The highest BCUT2D eigenvalue weighted by Crippen LogP contribution is 2.23. The molecule has 26 heavy (non-hydrogen) atoms. The van der Waals surface area contributed by atoms with Crippen molar-refractivity contribution in [2.24, 2.45) is 0 Å². The maximum absolute atomic E-state index is 12.3. The lowest BCUT2D eigenvalue weighted by Gasteiger charge is -2.26. The zero-order valence-electron chi connectivity index (χ0n) is 14.9. The number of carbonyl (C=O) groups is 1. The minimum atomic E-state index is 0.0228. The summed E-state index contributed by atoms with van der Waals surface area (Å²) in [6.45, 7) is 4.40. The summed E-state index contributed by atoms with van der Waals surface area (Å²) in [7, 11) is 1.97. The number of nitrogens with zero attached hydrogens (tertiary/aromatic N) is 2. The fraction of sp³-hybridized carbons (Fsp3) is 0.421. The molecule has 1 aliphatic rings. The number of hydrogen-bond acceptors (Lipinski definition) is 5. The first-order chi connectivity index (χ1) is 12.6. The average Bonchev–Trinajstić information content (AvgIpc) is 3.00. The highest BCUT2D eigenvalue weighted by molar-refractivity contribution is 9.11. The molecule has 2 aromatic rings. The van der Waals surface area contributed by atoms with Gasteiger partial charge in [-0.2, -0.15) is 11.8 Å². The number of thiophene rings is 1. The van der Waals surface area contributed by atoms with Gasteiger partial charge in [0.15, 0.2) is 0 Å². The van der Waals surface area contributed by atoms with Crippen LogP contribution in [-0.2, 0) is 17.9 Å². The molecule has 0 spiro atoms. The van der Waals surface area contributed by atoms with Crippen molar-refractivity contribution in [2.75, 3.05) is 43.5 Å². The smallest absolute Gasteiger partial charge is 0.238 e. The first-order valence-corrected chi connectivity index (χ1v) is 11.5. The van der Waals surface area contributed by atoms with E-state index >= 15 is 0 Å². The van der Waals surface area contributed by atoms with Crippen LogP contribution in [0.2, 0.25) is 0 Å². The molecular formula is C19H24BrN3OS2. The van der Waals surface area contributed by atoms with Crippen molar-refractivity contribution in [3.8, 4) is 0 Å². The van der Waals surface area contributed by atoms with Gasteiger partial charge in [-0.1, -0.05) is 12.1 Å². The average molecular weight is 454 g/mol. The number of rotatable bonds is 7. The number of benzene rings is 1. The van der Waals surface area contributed by atoms with Gasteiger partial charge in [0.2, 0.25) is 5.91 Å². The number of likely N-dealkylation sites (N-methyl/N-ethyl adjacent to an activating group) is 1. The molecule has 0 unspecified atom stereocenters. The maximum Gasteiger partial charge on any atom is 0.238 e. The van der Waals surface area contributed by atoms with Gasteiger partial charge in [0.1, 0.15) is 0 Å². The first kappa shape index (κ1) is 19.9. The summed E-state index contributed by atoms with van der Waals surface area (Å²) in [5.74, 6) is 2.45. The molecule has 1 aliphatic heterocycles. The summed E-state index contributed by atoms with van der Waals surface area (Å²) in [5, 5.41) is 3.03. The largest absolute Gasteiger partial charge is 0.325 e. The molecule has 0 aliphatic carbocycles. The van der Waals surface area contributed by atoms with E-state index in [0.29, 0.717) is 6.54 Å². The monoisotopic (exact) mass is 453 g/mol. The van der Waals surface area contributed by atoms with Gasteiger partial charge in [0, 0.05) is 48.2 Å². The number of hydrogen-bond donors (Lipinski definition) is 1. The Morgan fingerprint density at radius 1 is 1.27 bits per heavy atom. The highest BCUT2D eigenvalue weighted by Gasteiger charge is 2.12. The number of carbonyl (C=O) groups excluding carboxylic acids is 1. The van der Waals surface area contributed by atoms with Gasteiger partial charge < -0.3 is 5.32 Å². The first-order valence-electron chi connectivity index (χ1n) is 8.70. The van der Waals surface area contributed by atoms with Crippen LogP contribution in [0, 0.1) is 0 Å². The minimum Gasteiger partial charge on any atom is -0.325 e. The molecule has 1 N–H and O–H groups in total. The van der Waals surface area contributed by atoms with E-state index in [9.17, 15) is 4.79 Å². The van der Waals surface area contributed by atoms with E-state index in [0.717, 1.165) is 35.7 Å². The summed E-state index contributed by atoms with van der Waals surface area (Å²) >= 11 is 7.20. The predicted molar refractivity (Wildman–Crippen MR) is 116 cm³/mol. The third-order valence-corrected chi connectivity index (χ3v) is 6.74. The van der Waals surface area contributed by atoms with Crippen LogP contribution in [0.15, 0.2) is 40.2 Å². The fourth-order valence-corrected chi connectivity index (χ4v) is 5.51. The Balaban J connectivity index is 1.49. The van der Waals surface area contributed by atoms with Crippen molar-refractivity contribution in [3.63, 3.8) is 0 Å². The Kier molecular flexibility index (Phi) is 7.57. The molecule has 2 heterocycles. The summed E-state index contributed by atoms with van der Waals surface area (Å²) in [6, 6.07) is 12.3. The van der Waals surface area contributed by atoms with Gasteiger partial charge in [-0.25, -0.2) is 0 Å². The van der Waals surface area contributed by atoms with Gasteiger partial charge in [-0.05, 0) is 52.8 Å². The van der Waals surface area contributed by atoms with Crippen LogP contribution in [0.25, 0.3) is 0 Å². The van der Waals surface area contributed by atoms with Gasteiger partial charge in [0.05, 0.1) is 10.3 Å². The zero-order chi connectivity index (χ0) is 18.4. The molecule has 0 bridgehead atoms. The van der Waals surface area contributed by atoms with E-state index in [1.807, 2.05) is 41.9 Å². The van der Waals surface area contributed by atoms with Crippen LogP contribution in [0.5, 0.6) is 0 Å². The third-order valence-electron chi connectivity index (χ3n) is 4.19. The number of nitrogens with one attached hydrogen (secondary N) is 1. The van der Waals surface area contributed by atoms with Crippen molar-refractivity contribution in [3.05, 3.63) is 50.6 Å². The van der Waals surface area contributed by atoms with Crippen LogP contribution in [0.3, 0.4) is 0 Å². The quantitative estimate of drug-likeness (QED) is 0.683. The van der Waals surface area contributed by atoms with Crippen molar-refractivity contribution in [2.45, 2.75) is 13.1 Å². The molecule has 4 nitrogen and oxygen atoms in total. The second kappa shape index (κ2) is 9.90. The Morgan fingerprint density at radius 3 is 2.81 bits per heavy atom. The molecule has 3 rings (SSSR count). The molecule has 0 saturated carbocycles. The maximum atomic E-state index is 12.3. The molecule has 1 fully saturated rings. The molecule has 0 radical (unpaired) electrons. The Morgan fingerprint density at radius 2 is 2.08 bits per heavy atom. The number of amides is 1. The molecule has 0 atom stereocenters. The Labute approximate surface area is 172 Å². The van der Waals surface area contributed by atoms with Gasteiger partial charge >= 0.3 is 0 Å². The van der Waals surface area contributed by atoms with E-state index in [1.54, 1.807) is 11.3 Å². The molecule has 140 valence electrons. The Hall–Kier alpha value is -0.860. The lowest BCUT2D eigenvalue weighted by molar-refractivity contribution is -0.117. The van der Waals surface area contributed by atoms with Crippen molar-refractivity contribution in [1.82, 2.24) is 9.80 Å². The topological polar surface area (TPSA) is 35.6 Å². The van der Waals surface area contributed by atoms with Gasteiger partial charge in [0.25, 0.3) is 0 Å². The van der Waals surface area contributed by atoms with Gasteiger partial charge in [-0.15, -0.1) is 11.3 Å². The normalized spacial score (nSPS) is 15.3. The van der Waals surface area contributed by atoms with Crippen LogP contribution < -0.4 is 5.32 Å².